The lowest BCUT2D eigenvalue weighted by Gasteiger charge is -2.11. The Labute approximate surface area is 176 Å². The Morgan fingerprint density at radius 2 is 1.90 bits per heavy atom. The predicted molar refractivity (Wildman–Crippen MR) is 111 cm³/mol. The summed E-state index contributed by atoms with van der Waals surface area (Å²) in [5.41, 5.74) is 1.96. The van der Waals surface area contributed by atoms with Gasteiger partial charge in [-0.15, -0.1) is 0 Å². The average molecular weight is 459 g/mol. The minimum Gasteiger partial charge on any atom is -0.493 e. The van der Waals surface area contributed by atoms with E-state index in [2.05, 4.69) is 15.9 Å². The first-order chi connectivity index (χ1) is 14.0. The van der Waals surface area contributed by atoms with E-state index in [-0.39, 0.29) is 13.2 Å². The molecule has 0 fully saturated rings. The van der Waals surface area contributed by atoms with Gasteiger partial charge in [-0.2, -0.15) is 0 Å². The highest BCUT2D eigenvalue weighted by Crippen LogP contribution is 2.31. The molecule has 3 rings (SSSR count). The van der Waals surface area contributed by atoms with Crippen LogP contribution in [0.25, 0.3) is 11.8 Å². The molecule has 1 heterocycles. The molecule has 0 amide bonds. The van der Waals surface area contributed by atoms with E-state index in [9.17, 15) is 9.59 Å². The van der Waals surface area contributed by atoms with Gasteiger partial charge in [0.25, 0.3) is 0 Å². The first kappa shape index (κ1) is 20.7. The van der Waals surface area contributed by atoms with Crippen LogP contribution in [0.5, 0.6) is 11.5 Å². The first-order valence-electron chi connectivity index (χ1n) is 8.88. The number of esters is 2. The Morgan fingerprint density at radius 1 is 1.14 bits per heavy atom. The topological polar surface area (TPSA) is 71.1 Å². The average Bonchev–Trinajstić information content (AvgIpc) is 3.08. The highest BCUT2D eigenvalue weighted by atomic mass is 79.9. The van der Waals surface area contributed by atoms with Crippen LogP contribution in [-0.2, 0) is 19.1 Å². The molecule has 0 saturated carbocycles. The molecular formula is C22H19BrO6. The van der Waals surface area contributed by atoms with E-state index >= 15 is 0 Å². The molecule has 0 aliphatic carbocycles. The molecule has 7 heteroatoms. The number of cyclic esters (lactones) is 1. The van der Waals surface area contributed by atoms with Crippen molar-refractivity contribution in [1.29, 1.82) is 0 Å². The van der Waals surface area contributed by atoms with Crippen molar-refractivity contribution in [2.24, 2.45) is 0 Å². The maximum atomic E-state index is 12.2. The minimum atomic E-state index is -0.458. The van der Waals surface area contributed by atoms with Crippen LogP contribution in [0.3, 0.4) is 0 Å². The van der Waals surface area contributed by atoms with E-state index in [0.29, 0.717) is 22.8 Å². The first-order valence-corrected chi connectivity index (χ1v) is 9.67. The Bertz CT molecular complexity index is 975. The molecule has 6 nitrogen and oxygen atoms in total. The van der Waals surface area contributed by atoms with Crippen molar-refractivity contribution in [2.45, 2.75) is 6.92 Å². The van der Waals surface area contributed by atoms with Crippen LogP contribution in [-0.4, -0.2) is 32.3 Å². The van der Waals surface area contributed by atoms with Crippen LogP contribution in [0.2, 0.25) is 0 Å². The summed E-state index contributed by atoms with van der Waals surface area (Å²) in [7, 11) is 1.50. The molecule has 0 atom stereocenters. The van der Waals surface area contributed by atoms with Gasteiger partial charge in [-0.25, -0.2) is 9.59 Å². The Balaban J connectivity index is 1.79. The fraction of sp³-hybridized carbons (Fsp3) is 0.182. The predicted octanol–water partition coefficient (Wildman–Crippen LogP) is 4.38. The third kappa shape index (κ3) is 5.26. The summed E-state index contributed by atoms with van der Waals surface area (Å²) in [6, 6.07) is 12.6. The monoisotopic (exact) mass is 458 g/mol. The molecule has 2 aromatic carbocycles. The fourth-order valence-corrected chi connectivity index (χ4v) is 2.92. The zero-order valence-electron chi connectivity index (χ0n) is 15.9. The molecule has 1 aliphatic rings. The third-order valence-electron chi connectivity index (χ3n) is 4.01. The van der Waals surface area contributed by atoms with Gasteiger partial charge in [0.15, 0.2) is 18.1 Å². The summed E-state index contributed by atoms with van der Waals surface area (Å²) in [6.07, 6.45) is 3.40. The van der Waals surface area contributed by atoms with Gasteiger partial charge in [-0.3, -0.25) is 0 Å². The van der Waals surface area contributed by atoms with Crippen molar-refractivity contribution < 1.29 is 28.5 Å². The van der Waals surface area contributed by atoms with Crippen molar-refractivity contribution >= 4 is 39.7 Å². The standard InChI is InChI=1S/C22H19BrO6/c1-3-27-21(24)13-28-18-9-4-14(11-20(18)26-2)10-16-12-19(29-22(16)25)15-5-7-17(23)8-6-15/h4-12H,3,13H2,1-2H3. The second kappa shape index (κ2) is 9.43. The van der Waals surface area contributed by atoms with E-state index in [1.54, 1.807) is 37.3 Å². The van der Waals surface area contributed by atoms with E-state index in [4.69, 9.17) is 18.9 Å². The minimum absolute atomic E-state index is 0.212. The van der Waals surface area contributed by atoms with Crippen LogP contribution < -0.4 is 9.47 Å². The maximum absolute atomic E-state index is 12.2. The second-order valence-corrected chi connectivity index (χ2v) is 6.92. The molecule has 150 valence electrons. The molecule has 0 aromatic heterocycles. The van der Waals surface area contributed by atoms with Crippen molar-refractivity contribution in [3.05, 3.63) is 69.7 Å². The number of rotatable bonds is 7. The molecule has 0 unspecified atom stereocenters. The van der Waals surface area contributed by atoms with Gasteiger partial charge in [-0.1, -0.05) is 34.1 Å². The maximum Gasteiger partial charge on any atom is 0.344 e. The van der Waals surface area contributed by atoms with Crippen LogP contribution >= 0.6 is 15.9 Å². The van der Waals surface area contributed by atoms with Crippen molar-refractivity contribution in [3.8, 4) is 11.5 Å². The number of carbonyl (C=O) groups excluding carboxylic acids is 2. The lowest BCUT2D eigenvalue weighted by atomic mass is 10.1. The van der Waals surface area contributed by atoms with Crippen molar-refractivity contribution in [1.82, 2.24) is 0 Å². The lowest BCUT2D eigenvalue weighted by Crippen LogP contribution is -2.14. The van der Waals surface area contributed by atoms with Gasteiger partial charge < -0.3 is 18.9 Å². The third-order valence-corrected chi connectivity index (χ3v) is 4.54. The van der Waals surface area contributed by atoms with E-state index in [1.165, 1.54) is 7.11 Å². The molecule has 29 heavy (non-hydrogen) atoms. The summed E-state index contributed by atoms with van der Waals surface area (Å²) in [6.45, 7) is 1.80. The molecule has 1 aliphatic heterocycles. The van der Waals surface area contributed by atoms with E-state index < -0.39 is 11.9 Å². The zero-order valence-corrected chi connectivity index (χ0v) is 17.5. The van der Waals surface area contributed by atoms with Crippen molar-refractivity contribution in [2.75, 3.05) is 20.3 Å². The van der Waals surface area contributed by atoms with Gasteiger partial charge >= 0.3 is 11.9 Å². The number of carbonyl (C=O) groups is 2. The quantitative estimate of drug-likeness (QED) is 0.452. The molecule has 2 aromatic rings. The van der Waals surface area contributed by atoms with Crippen molar-refractivity contribution in [3.63, 3.8) is 0 Å². The van der Waals surface area contributed by atoms with Gasteiger partial charge in [0.2, 0.25) is 0 Å². The Kier molecular flexibility index (Phi) is 6.72. The second-order valence-electron chi connectivity index (χ2n) is 6.01. The van der Waals surface area contributed by atoms with Crippen LogP contribution in [0, 0.1) is 0 Å². The fourth-order valence-electron chi connectivity index (χ4n) is 2.66. The normalized spacial score (nSPS) is 14.4. The smallest absolute Gasteiger partial charge is 0.344 e. The van der Waals surface area contributed by atoms with Crippen LogP contribution in [0.4, 0.5) is 0 Å². The zero-order chi connectivity index (χ0) is 20.8. The lowest BCUT2D eigenvalue weighted by molar-refractivity contribution is -0.145. The highest BCUT2D eigenvalue weighted by molar-refractivity contribution is 9.10. The van der Waals surface area contributed by atoms with E-state index in [1.807, 2.05) is 24.3 Å². The summed E-state index contributed by atoms with van der Waals surface area (Å²) in [5.74, 6) is 0.453. The number of hydrogen-bond donors (Lipinski definition) is 0. The molecule has 0 radical (unpaired) electrons. The van der Waals surface area contributed by atoms with Crippen LogP contribution in [0.1, 0.15) is 18.1 Å². The van der Waals surface area contributed by atoms with Gasteiger partial charge in [-0.05, 0) is 48.9 Å². The SMILES string of the molecule is CCOC(=O)COc1ccc(C=C2C=C(c3ccc(Br)cc3)OC2=O)cc1OC. The highest BCUT2D eigenvalue weighted by Gasteiger charge is 2.22. The van der Waals surface area contributed by atoms with Crippen LogP contribution in [0.15, 0.2) is 58.6 Å². The number of benzene rings is 2. The molecule has 0 spiro atoms. The Morgan fingerprint density at radius 3 is 2.59 bits per heavy atom. The van der Waals surface area contributed by atoms with Gasteiger partial charge in [0, 0.05) is 10.0 Å². The number of methoxy groups -OCH3 is 1. The number of ether oxygens (including phenoxy) is 4. The van der Waals surface area contributed by atoms with E-state index in [0.717, 1.165) is 15.6 Å². The summed E-state index contributed by atoms with van der Waals surface area (Å²) in [4.78, 5) is 23.7. The molecular weight excluding hydrogens is 440 g/mol. The summed E-state index contributed by atoms with van der Waals surface area (Å²) < 4.78 is 21.9. The summed E-state index contributed by atoms with van der Waals surface area (Å²) in [5, 5.41) is 0. The largest absolute Gasteiger partial charge is 0.493 e. The molecule has 0 saturated heterocycles. The molecule has 0 bridgehead atoms. The number of halogens is 1. The van der Waals surface area contributed by atoms with Gasteiger partial charge in [0.1, 0.15) is 5.76 Å². The number of hydrogen-bond acceptors (Lipinski definition) is 6. The Hall–Kier alpha value is -3.06. The summed E-state index contributed by atoms with van der Waals surface area (Å²) >= 11 is 3.38. The molecule has 0 N–H and O–H groups in total. The van der Waals surface area contributed by atoms with Gasteiger partial charge in [0.05, 0.1) is 19.3 Å².